The highest BCUT2D eigenvalue weighted by Gasteiger charge is 2.08. The van der Waals surface area contributed by atoms with E-state index in [1.54, 1.807) is 0 Å². The SMILES string of the molecule is Cn1ccc(CC(N)c2ccc3[nH]ccc3c2)c1. The van der Waals surface area contributed by atoms with Crippen molar-refractivity contribution in [2.75, 3.05) is 0 Å². The molecular formula is C15H17N3. The molecule has 1 unspecified atom stereocenters. The molecule has 18 heavy (non-hydrogen) atoms. The molecule has 0 fully saturated rings. The topological polar surface area (TPSA) is 46.7 Å². The Morgan fingerprint density at radius 2 is 2.17 bits per heavy atom. The predicted molar refractivity (Wildman–Crippen MR) is 74.3 cm³/mol. The number of aromatic nitrogens is 2. The lowest BCUT2D eigenvalue weighted by Gasteiger charge is -2.11. The Kier molecular flexibility index (Phi) is 2.68. The maximum Gasteiger partial charge on any atom is 0.0454 e. The van der Waals surface area contributed by atoms with Gasteiger partial charge in [-0.15, -0.1) is 0 Å². The van der Waals surface area contributed by atoms with Gasteiger partial charge < -0.3 is 15.3 Å². The highest BCUT2D eigenvalue weighted by Crippen LogP contribution is 2.21. The molecule has 3 rings (SSSR count). The molecular weight excluding hydrogens is 222 g/mol. The van der Waals surface area contributed by atoms with Gasteiger partial charge in [0.05, 0.1) is 0 Å². The van der Waals surface area contributed by atoms with Crippen LogP contribution in [-0.2, 0) is 13.5 Å². The molecule has 1 aromatic carbocycles. The first-order valence-electron chi connectivity index (χ1n) is 6.16. The Bertz CT molecular complexity index is 663. The minimum atomic E-state index is 0.0479. The van der Waals surface area contributed by atoms with Gasteiger partial charge in [-0.25, -0.2) is 0 Å². The molecule has 2 heterocycles. The second-order valence-corrected chi connectivity index (χ2v) is 4.82. The molecule has 0 aliphatic heterocycles. The van der Waals surface area contributed by atoms with Crippen molar-refractivity contribution in [2.24, 2.45) is 12.8 Å². The Hall–Kier alpha value is -2.00. The number of fused-ring (bicyclic) bond motifs is 1. The summed E-state index contributed by atoms with van der Waals surface area (Å²) in [6.45, 7) is 0. The molecule has 1 atom stereocenters. The lowest BCUT2D eigenvalue weighted by atomic mass is 10.0. The summed E-state index contributed by atoms with van der Waals surface area (Å²) < 4.78 is 2.05. The molecule has 3 nitrogen and oxygen atoms in total. The van der Waals surface area contributed by atoms with Crippen LogP contribution in [0.3, 0.4) is 0 Å². The van der Waals surface area contributed by atoms with Crippen LogP contribution in [0.25, 0.3) is 10.9 Å². The number of nitrogens with two attached hydrogens (primary N) is 1. The van der Waals surface area contributed by atoms with Crippen LogP contribution in [-0.4, -0.2) is 9.55 Å². The van der Waals surface area contributed by atoms with Crippen LogP contribution in [0, 0.1) is 0 Å². The third kappa shape index (κ3) is 2.05. The second-order valence-electron chi connectivity index (χ2n) is 4.82. The molecule has 92 valence electrons. The minimum Gasteiger partial charge on any atom is -0.361 e. The van der Waals surface area contributed by atoms with Crippen LogP contribution < -0.4 is 5.73 Å². The third-order valence-electron chi connectivity index (χ3n) is 3.35. The van der Waals surface area contributed by atoms with Gasteiger partial charge in [-0.05, 0) is 47.2 Å². The molecule has 0 bridgehead atoms. The maximum absolute atomic E-state index is 6.28. The van der Waals surface area contributed by atoms with Gasteiger partial charge in [-0.3, -0.25) is 0 Å². The summed E-state index contributed by atoms with van der Waals surface area (Å²) in [6.07, 6.45) is 7.00. The predicted octanol–water partition coefficient (Wildman–Crippen LogP) is 2.75. The number of rotatable bonds is 3. The molecule has 3 N–H and O–H groups in total. The van der Waals surface area contributed by atoms with Crippen LogP contribution in [0.5, 0.6) is 0 Å². The Morgan fingerprint density at radius 1 is 1.28 bits per heavy atom. The number of aromatic amines is 1. The van der Waals surface area contributed by atoms with Crippen LogP contribution in [0.4, 0.5) is 0 Å². The van der Waals surface area contributed by atoms with Gasteiger partial charge in [-0.1, -0.05) is 6.07 Å². The van der Waals surface area contributed by atoms with Gasteiger partial charge in [-0.2, -0.15) is 0 Å². The first-order chi connectivity index (χ1) is 8.72. The zero-order valence-electron chi connectivity index (χ0n) is 10.4. The summed E-state index contributed by atoms with van der Waals surface area (Å²) in [4.78, 5) is 3.19. The Balaban J connectivity index is 1.84. The van der Waals surface area contributed by atoms with Crippen molar-refractivity contribution < 1.29 is 0 Å². The molecule has 0 spiro atoms. The largest absolute Gasteiger partial charge is 0.361 e. The first-order valence-corrected chi connectivity index (χ1v) is 6.16. The van der Waals surface area contributed by atoms with E-state index in [0.717, 1.165) is 11.9 Å². The van der Waals surface area contributed by atoms with Crippen molar-refractivity contribution in [1.29, 1.82) is 0 Å². The number of H-pyrrole nitrogens is 1. The van der Waals surface area contributed by atoms with Gasteiger partial charge in [0.25, 0.3) is 0 Å². The summed E-state index contributed by atoms with van der Waals surface area (Å²) in [5, 5.41) is 1.22. The van der Waals surface area contributed by atoms with Crippen molar-refractivity contribution in [1.82, 2.24) is 9.55 Å². The average molecular weight is 239 g/mol. The van der Waals surface area contributed by atoms with Gasteiger partial charge in [0.15, 0.2) is 0 Å². The van der Waals surface area contributed by atoms with E-state index in [1.165, 1.54) is 16.5 Å². The van der Waals surface area contributed by atoms with Crippen LogP contribution >= 0.6 is 0 Å². The molecule has 0 saturated carbocycles. The minimum absolute atomic E-state index is 0.0479. The van der Waals surface area contributed by atoms with Crippen LogP contribution in [0.15, 0.2) is 48.9 Å². The Morgan fingerprint density at radius 3 is 2.94 bits per heavy atom. The molecule has 0 aliphatic carbocycles. The quantitative estimate of drug-likeness (QED) is 0.725. The Labute approximate surface area is 106 Å². The molecule has 0 aliphatic rings. The summed E-state index contributed by atoms with van der Waals surface area (Å²) in [6, 6.07) is 10.6. The standard InChI is InChI=1S/C15H17N3/c1-18-7-5-11(10-18)8-14(16)12-2-3-15-13(9-12)4-6-17-15/h2-7,9-10,14,17H,8,16H2,1H3. The summed E-state index contributed by atoms with van der Waals surface area (Å²) in [5.41, 5.74) is 9.90. The summed E-state index contributed by atoms with van der Waals surface area (Å²) in [5.74, 6) is 0. The lowest BCUT2D eigenvalue weighted by Crippen LogP contribution is -2.12. The fraction of sp³-hybridized carbons (Fsp3) is 0.200. The van der Waals surface area contributed by atoms with E-state index in [1.807, 2.05) is 13.2 Å². The number of nitrogens with one attached hydrogen (secondary N) is 1. The van der Waals surface area contributed by atoms with E-state index in [-0.39, 0.29) is 6.04 Å². The number of benzene rings is 1. The molecule has 2 aromatic heterocycles. The highest BCUT2D eigenvalue weighted by molar-refractivity contribution is 5.80. The van der Waals surface area contributed by atoms with E-state index in [9.17, 15) is 0 Å². The number of aryl methyl sites for hydroxylation is 1. The third-order valence-corrected chi connectivity index (χ3v) is 3.35. The van der Waals surface area contributed by atoms with Crippen molar-refractivity contribution >= 4 is 10.9 Å². The van der Waals surface area contributed by atoms with Gasteiger partial charge in [0, 0.05) is 37.2 Å². The van der Waals surface area contributed by atoms with Gasteiger partial charge in [0.1, 0.15) is 0 Å². The molecule has 0 amide bonds. The van der Waals surface area contributed by atoms with E-state index in [0.29, 0.717) is 0 Å². The van der Waals surface area contributed by atoms with E-state index < -0.39 is 0 Å². The first kappa shape index (κ1) is 11.1. The van der Waals surface area contributed by atoms with Crippen molar-refractivity contribution in [3.8, 4) is 0 Å². The molecule has 3 aromatic rings. The average Bonchev–Trinajstić information content (AvgIpc) is 2.96. The summed E-state index contributed by atoms with van der Waals surface area (Å²) in [7, 11) is 2.03. The fourth-order valence-corrected chi connectivity index (χ4v) is 2.36. The normalized spacial score (nSPS) is 13.0. The fourth-order valence-electron chi connectivity index (χ4n) is 2.36. The maximum atomic E-state index is 6.28. The molecule has 3 heteroatoms. The zero-order chi connectivity index (χ0) is 12.5. The monoisotopic (exact) mass is 239 g/mol. The van der Waals surface area contributed by atoms with E-state index in [2.05, 4.69) is 52.3 Å². The van der Waals surface area contributed by atoms with Crippen molar-refractivity contribution in [3.05, 3.63) is 60.0 Å². The number of hydrogen-bond donors (Lipinski definition) is 2. The number of hydrogen-bond acceptors (Lipinski definition) is 1. The number of nitrogens with zero attached hydrogens (tertiary/aromatic N) is 1. The van der Waals surface area contributed by atoms with Gasteiger partial charge >= 0.3 is 0 Å². The van der Waals surface area contributed by atoms with Crippen LogP contribution in [0.1, 0.15) is 17.2 Å². The van der Waals surface area contributed by atoms with Crippen LogP contribution in [0.2, 0.25) is 0 Å². The van der Waals surface area contributed by atoms with Crippen molar-refractivity contribution in [3.63, 3.8) is 0 Å². The summed E-state index contributed by atoms with van der Waals surface area (Å²) >= 11 is 0. The second kappa shape index (κ2) is 4.35. The molecule has 0 radical (unpaired) electrons. The lowest BCUT2D eigenvalue weighted by molar-refractivity contribution is 0.721. The molecule has 0 saturated heterocycles. The van der Waals surface area contributed by atoms with E-state index in [4.69, 9.17) is 5.73 Å². The van der Waals surface area contributed by atoms with Crippen molar-refractivity contribution in [2.45, 2.75) is 12.5 Å². The van der Waals surface area contributed by atoms with Gasteiger partial charge in [0.2, 0.25) is 0 Å². The van der Waals surface area contributed by atoms with E-state index >= 15 is 0 Å². The zero-order valence-corrected chi connectivity index (χ0v) is 10.4. The highest BCUT2D eigenvalue weighted by atomic mass is 14.9. The smallest absolute Gasteiger partial charge is 0.0454 e.